The van der Waals surface area contributed by atoms with Crippen molar-refractivity contribution in [1.29, 1.82) is 0 Å². The van der Waals surface area contributed by atoms with E-state index in [0.717, 1.165) is 12.0 Å². The van der Waals surface area contributed by atoms with E-state index >= 15 is 0 Å². The van der Waals surface area contributed by atoms with Crippen LogP contribution in [0.15, 0.2) is 11.6 Å². The topological polar surface area (TPSA) is 156 Å². The monoisotopic (exact) mass is 494 g/mol. The predicted octanol–water partition coefficient (Wildman–Crippen LogP) is 1.80. The molecule has 0 aliphatic heterocycles. The Morgan fingerprint density at radius 1 is 1.17 bits per heavy atom. The number of aliphatic hydroxyl groups excluding tert-OH is 3. The molecule has 4 aliphatic carbocycles. The van der Waals surface area contributed by atoms with Gasteiger partial charge in [-0.2, -0.15) is 0 Å². The van der Waals surface area contributed by atoms with Crippen LogP contribution in [0.1, 0.15) is 79.1 Å². The smallest absolute Gasteiger partial charge is 0.335 e. The van der Waals surface area contributed by atoms with E-state index in [1.807, 2.05) is 20.8 Å². The second kappa shape index (κ2) is 8.62. The van der Waals surface area contributed by atoms with Gasteiger partial charge in [-0.3, -0.25) is 4.79 Å². The van der Waals surface area contributed by atoms with E-state index in [9.17, 15) is 40.2 Å². The normalized spacial score (nSPS) is 46.5. The number of allylic oxidation sites excluding steroid dienone is 1. The third-order valence-corrected chi connectivity index (χ3v) is 10.8. The first-order valence-electron chi connectivity index (χ1n) is 13.1. The van der Waals surface area contributed by atoms with Crippen LogP contribution in [0, 0.1) is 34.5 Å². The summed E-state index contributed by atoms with van der Waals surface area (Å²) in [6.07, 6.45) is 2.20. The van der Waals surface area contributed by atoms with Gasteiger partial charge in [0.1, 0.15) is 0 Å². The zero-order valence-electron chi connectivity index (χ0n) is 21.3. The van der Waals surface area contributed by atoms with Crippen molar-refractivity contribution in [2.75, 3.05) is 0 Å². The summed E-state index contributed by atoms with van der Waals surface area (Å²) in [4.78, 5) is 24.5. The van der Waals surface area contributed by atoms with Gasteiger partial charge < -0.3 is 30.6 Å². The molecule has 0 heterocycles. The Bertz CT molecular complexity index is 913. The molecule has 4 aliphatic rings. The molecule has 0 radical (unpaired) electrons. The first kappa shape index (κ1) is 26.7. The number of rotatable bonds is 6. The molecule has 6 N–H and O–H groups in total. The molecule has 0 aromatic heterocycles. The minimum Gasteiger partial charge on any atom is -0.479 e. The summed E-state index contributed by atoms with van der Waals surface area (Å²) >= 11 is 0. The zero-order chi connectivity index (χ0) is 26.1. The van der Waals surface area contributed by atoms with Crippen molar-refractivity contribution >= 4 is 11.8 Å². The average molecular weight is 495 g/mol. The Morgan fingerprint density at radius 2 is 1.83 bits per heavy atom. The number of fused-ring (bicyclic) bond motifs is 5. The Hall–Kier alpha value is -1.32. The largest absolute Gasteiger partial charge is 0.479 e. The lowest BCUT2D eigenvalue weighted by Gasteiger charge is -2.60. The summed E-state index contributed by atoms with van der Waals surface area (Å²) in [7, 11) is 0. The number of aliphatic carboxylic acids is 1. The molecule has 3 saturated carbocycles. The highest BCUT2D eigenvalue weighted by Crippen LogP contribution is 2.68. The molecule has 8 nitrogen and oxygen atoms in total. The zero-order valence-corrected chi connectivity index (χ0v) is 21.3. The highest BCUT2D eigenvalue weighted by Gasteiger charge is 2.67. The number of ketones is 1. The van der Waals surface area contributed by atoms with Crippen molar-refractivity contribution in [3.63, 3.8) is 0 Å². The van der Waals surface area contributed by atoms with Gasteiger partial charge in [0.25, 0.3) is 0 Å². The lowest BCUT2D eigenvalue weighted by molar-refractivity contribution is -0.159. The Kier molecular flexibility index (Phi) is 6.59. The van der Waals surface area contributed by atoms with Crippen molar-refractivity contribution in [2.24, 2.45) is 34.5 Å². The van der Waals surface area contributed by atoms with Gasteiger partial charge >= 0.3 is 5.97 Å². The summed E-state index contributed by atoms with van der Waals surface area (Å²) < 4.78 is 0. The summed E-state index contributed by atoms with van der Waals surface area (Å²) in [5.41, 5.74) is -3.46. The molecule has 3 fully saturated rings. The Morgan fingerprint density at radius 3 is 2.46 bits per heavy atom. The van der Waals surface area contributed by atoms with E-state index in [1.165, 1.54) is 6.92 Å². The van der Waals surface area contributed by atoms with Crippen molar-refractivity contribution in [1.82, 2.24) is 0 Å². The van der Waals surface area contributed by atoms with Crippen LogP contribution in [0.25, 0.3) is 0 Å². The molecule has 0 spiro atoms. The molecule has 0 saturated heterocycles. The van der Waals surface area contributed by atoms with Crippen molar-refractivity contribution in [3.8, 4) is 0 Å². The third kappa shape index (κ3) is 3.91. The van der Waals surface area contributed by atoms with E-state index in [2.05, 4.69) is 0 Å². The molecule has 198 valence electrons. The van der Waals surface area contributed by atoms with Crippen LogP contribution in [0.3, 0.4) is 0 Å². The minimum atomic E-state index is -1.91. The summed E-state index contributed by atoms with van der Waals surface area (Å²) in [6, 6.07) is 0. The van der Waals surface area contributed by atoms with Crippen LogP contribution in [0.2, 0.25) is 0 Å². The molecule has 0 amide bonds. The Balaban J connectivity index is 1.59. The average Bonchev–Trinajstić information content (AvgIpc) is 3.05. The number of hydrogen-bond donors (Lipinski definition) is 6. The standard InChI is InChI=1S/C27H42O8/c1-14(19(28)7-9-26(4,34)23(32)33)15-6-10-27(35)17-11-20(29)18-12-21(30)22(31)13-24(18,2)16(17)5-8-25(15,27)3/h11,14-16,18-19,21-22,28,30-31,34-35H,5-10,12-13H2,1-4H3,(H,32,33). The van der Waals surface area contributed by atoms with Gasteiger partial charge in [-0.25, -0.2) is 4.79 Å². The summed E-state index contributed by atoms with van der Waals surface area (Å²) in [5, 5.41) is 63.0. The quantitative estimate of drug-likeness (QED) is 0.327. The molecule has 0 aromatic rings. The Labute approximate surface area is 207 Å². The van der Waals surface area contributed by atoms with E-state index in [0.29, 0.717) is 25.7 Å². The maximum atomic E-state index is 13.2. The van der Waals surface area contributed by atoms with Crippen molar-refractivity contribution in [2.45, 2.75) is 109 Å². The minimum absolute atomic E-state index is 0.0430. The van der Waals surface area contributed by atoms with Crippen molar-refractivity contribution < 1.29 is 40.2 Å². The fourth-order valence-corrected chi connectivity index (χ4v) is 8.32. The van der Waals surface area contributed by atoms with Crippen LogP contribution in [-0.4, -0.2) is 71.9 Å². The van der Waals surface area contributed by atoms with Gasteiger partial charge in [-0.05, 0) is 93.1 Å². The van der Waals surface area contributed by atoms with E-state index < -0.39 is 46.3 Å². The van der Waals surface area contributed by atoms with Gasteiger partial charge in [0.15, 0.2) is 11.4 Å². The van der Waals surface area contributed by atoms with Crippen LogP contribution < -0.4 is 0 Å². The van der Waals surface area contributed by atoms with Crippen LogP contribution >= 0.6 is 0 Å². The van der Waals surface area contributed by atoms with E-state index in [-0.39, 0.29) is 48.7 Å². The van der Waals surface area contributed by atoms with Crippen LogP contribution in [-0.2, 0) is 9.59 Å². The maximum Gasteiger partial charge on any atom is 0.335 e. The summed E-state index contributed by atoms with van der Waals surface area (Å²) in [6.45, 7) is 7.20. The molecular weight excluding hydrogens is 452 g/mol. The molecule has 0 bridgehead atoms. The molecule has 4 rings (SSSR count). The van der Waals surface area contributed by atoms with Gasteiger partial charge in [-0.15, -0.1) is 0 Å². The molecule has 0 aromatic carbocycles. The third-order valence-electron chi connectivity index (χ3n) is 10.8. The number of carboxylic acid groups (broad SMARTS) is 1. The molecule has 8 heteroatoms. The fraction of sp³-hybridized carbons (Fsp3) is 0.852. The van der Waals surface area contributed by atoms with Crippen LogP contribution in [0.5, 0.6) is 0 Å². The summed E-state index contributed by atoms with van der Waals surface area (Å²) in [5.74, 6) is -2.12. The van der Waals surface area contributed by atoms with Crippen LogP contribution in [0.4, 0.5) is 0 Å². The second-order valence-corrected chi connectivity index (χ2v) is 12.7. The van der Waals surface area contributed by atoms with E-state index in [4.69, 9.17) is 0 Å². The molecule has 11 unspecified atom stereocenters. The lowest BCUT2D eigenvalue weighted by Crippen LogP contribution is -2.61. The highest BCUT2D eigenvalue weighted by atomic mass is 16.4. The van der Waals surface area contributed by atoms with Gasteiger partial charge in [0, 0.05) is 11.3 Å². The SMILES string of the molecule is CC(C(O)CCC(C)(O)C(=O)O)C1CCC2(O)C3=CC(=O)C4CC(O)C(O)CC4(C)C3CCC12C. The number of carbonyl (C=O) groups is 2. The maximum absolute atomic E-state index is 13.2. The van der Waals surface area contributed by atoms with Gasteiger partial charge in [0.2, 0.25) is 0 Å². The van der Waals surface area contributed by atoms with Gasteiger partial charge in [0.05, 0.1) is 23.9 Å². The molecule has 11 atom stereocenters. The number of aliphatic hydroxyl groups is 5. The van der Waals surface area contributed by atoms with E-state index in [1.54, 1.807) is 6.08 Å². The first-order valence-corrected chi connectivity index (χ1v) is 13.1. The second-order valence-electron chi connectivity index (χ2n) is 12.7. The number of carboxylic acids is 1. The van der Waals surface area contributed by atoms with Crippen molar-refractivity contribution in [3.05, 3.63) is 11.6 Å². The molecular formula is C27H42O8. The fourth-order valence-electron chi connectivity index (χ4n) is 8.32. The molecule has 35 heavy (non-hydrogen) atoms. The number of carbonyl (C=O) groups excluding carboxylic acids is 1. The first-order chi connectivity index (χ1) is 16.1. The lowest BCUT2D eigenvalue weighted by atomic mass is 9.46. The van der Waals surface area contributed by atoms with Gasteiger partial charge in [-0.1, -0.05) is 20.8 Å². The predicted molar refractivity (Wildman–Crippen MR) is 127 cm³/mol. The number of hydrogen-bond acceptors (Lipinski definition) is 7. The highest BCUT2D eigenvalue weighted by molar-refractivity contribution is 5.95.